The summed E-state index contributed by atoms with van der Waals surface area (Å²) in [5, 5.41) is 0.589. The highest BCUT2D eigenvalue weighted by molar-refractivity contribution is 6.15. The summed E-state index contributed by atoms with van der Waals surface area (Å²) in [4.78, 5) is 38.8. The molecule has 2 aliphatic rings. The van der Waals surface area contributed by atoms with E-state index in [-0.39, 0.29) is 23.9 Å². The Morgan fingerprint density at radius 3 is 2.50 bits per heavy atom. The average molecular weight is 603 g/mol. The zero-order valence-electron chi connectivity index (χ0n) is 24.3. The molecule has 44 heavy (non-hydrogen) atoms. The molecule has 1 aliphatic heterocycles. The van der Waals surface area contributed by atoms with Gasteiger partial charge in [0.1, 0.15) is 23.6 Å². The molecule has 0 N–H and O–H groups in total. The van der Waals surface area contributed by atoms with Crippen LogP contribution in [0.25, 0.3) is 10.9 Å². The number of ether oxygens (including phenoxy) is 3. The van der Waals surface area contributed by atoms with Crippen molar-refractivity contribution >= 4 is 28.3 Å². The molecule has 0 atom stereocenters. The number of ketones is 1. The number of halogens is 2. The lowest BCUT2D eigenvalue weighted by molar-refractivity contribution is -0.133. The van der Waals surface area contributed by atoms with E-state index in [0.29, 0.717) is 53.2 Å². The number of hydrogen-bond acceptors (Lipinski definition) is 8. The van der Waals surface area contributed by atoms with Crippen molar-refractivity contribution in [3.63, 3.8) is 0 Å². The molecule has 228 valence electrons. The maximum absolute atomic E-state index is 15.2. The molecule has 6 rings (SSSR count). The van der Waals surface area contributed by atoms with E-state index in [0.717, 1.165) is 32.8 Å². The lowest BCUT2D eigenvalue weighted by Crippen LogP contribution is -2.39. The monoisotopic (exact) mass is 602 g/mol. The van der Waals surface area contributed by atoms with Crippen molar-refractivity contribution in [2.24, 2.45) is 5.41 Å². The lowest BCUT2D eigenvalue weighted by Gasteiger charge is -2.26. The lowest BCUT2D eigenvalue weighted by atomic mass is 9.93. The van der Waals surface area contributed by atoms with Crippen LogP contribution >= 0.6 is 0 Å². The Morgan fingerprint density at radius 2 is 1.77 bits per heavy atom. The van der Waals surface area contributed by atoms with Crippen LogP contribution < -0.4 is 14.4 Å². The highest BCUT2D eigenvalue weighted by Gasteiger charge is 2.56. The van der Waals surface area contributed by atoms with Gasteiger partial charge in [-0.25, -0.2) is 13.8 Å². The van der Waals surface area contributed by atoms with E-state index >= 15 is 4.39 Å². The van der Waals surface area contributed by atoms with Crippen LogP contribution in [0.1, 0.15) is 18.4 Å². The van der Waals surface area contributed by atoms with Crippen LogP contribution in [0.5, 0.6) is 17.4 Å². The average Bonchev–Trinajstić information content (AvgIpc) is 3.85. The number of aromatic nitrogens is 2. The molecule has 1 saturated carbocycles. The Hall–Kier alpha value is -4.48. The second-order valence-corrected chi connectivity index (χ2v) is 11.0. The number of carbonyl (C=O) groups is 2. The van der Waals surface area contributed by atoms with Crippen molar-refractivity contribution < 1.29 is 32.6 Å². The number of amides is 1. The van der Waals surface area contributed by atoms with Crippen LogP contribution in [0.15, 0.2) is 67.0 Å². The molecular formula is C33H32F2N4O5. The maximum Gasteiger partial charge on any atom is 0.240 e. The summed E-state index contributed by atoms with van der Waals surface area (Å²) in [6.45, 7) is 4.45. The summed E-state index contributed by atoms with van der Waals surface area (Å²) in [6.07, 6.45) is 3.89. The standard InChI is InChI=1S/C33H32F2N4O5/c1-38(24-5-3-23(34)4-6-24)32(41)33(9-10-33)30(40)19-22-2-7-29(26(35)18-22)44-28-8-11-36-27-20-31(37-21-25(27)28)43-17-14-39-12-15-42-16-13-39/h2-8,11,18,20-21H,9-10,12-17,19H2,1H3. The number of anilines is 1. The number of carbonyl (C=O) groups excluding carboxylic acids is 2. The van der Waals surface area contributed by atoms with Crippen LogP contribution in [0, 0.1) is 17.0 Å². The first-order chi connectivity index (χ1) is 21.3. The highest BCUT2D eigenvalue weighted by Crippen LogP contribution is 2.49. The molecule has 1 saturated heterocycles. The molecule has 3 heterocycles. The van der Waals surface area contributed by atoms with Crippen molar-refractivity contribution in [2.75, 3.05) is 51.4 Å². The Bertz CT molecular complexity index is 1670. The predicted octanol–water partition coefficient (Wildman–Crippen LogP) is 4.97. The molecule has 2 aromatic carbocycles. The molecule has 2 aromatic heterocycles. The predicted molar refractivity (Wildman–Crippen MR) is 159 cm³/mol. The first kappa shape index (κ1) is 29.6. The van der Waals surface area contributed by atoms with E-state index in [2.05, 4.69) is 14.9 Å². The number of rotatable bonds is 11. The zero-order valence-corrected chi connectivity index (χ0v) is 24.3. The fourth-order valence-electron chi connectivity index (χ4n) is 5.32. The van der Waals surface area contributed by atoms with Crippen LogP contribution in [-0.4, -0.2) is 73.1 Å². The van der Waals surface area contributed by atoms with Crippen molar-refractivity contribution in [3.05, 3.63) is 84.2 Å². The molecule has 2 fully saturated rings. The topological polar surface area (TPSA) is 94.1 Å². The Labute approximate surface area is 253 Å². The summed E-state index contributed by atoms with van der Waals surface area (Å²) >= 11 is 0. The fraction of sp³-hybridized carbons (Fsp3) is 0.333. The van der Waals surface area contributed by atoms with Crippen molar-refractivity contribution in [2.45, 2.75) is 19.3 Å². The minimum Gasteiger partial charge on any atom is -0.476 e. The SMILES string of the molecule is CN(C(=O)C1(C(=O)Cc2ccc(Oc3ccnc4cc(OCCN5CCOCC5)ncc34)c(F)c2)CC1)c1ccc(F)cc1. The van der Waals surface area contributed by atoms with Gasteiger partial charge in [0.15, 0.2) is 17.3 Å². The van der Waals surface area contributed by atoms with Crippen LogP contribution in [0.4, 0.5) is 14.5 Å². The summed E-state index contributed by atoms with van der Waals surface area (Å²) in [5.41, 5.74) is 0.368. The number of nitrogens with zero attached hydrogens (tertiary/aromatic N) is 4. The van der Waals surface area contributed by atoms with Gasteiger partial charge in [0.25, 0.3) is 0 Å². The third-order valence-corrected chi connectivity index (χ3v) is 8.12. The minimum atomic E-state index is -1.15. The van der Waals surface area contributed by atoms with Crippen LogP contribution in [0.3, 0.4) is 0 Å². The molecule has 9 nitrogen and oxygen atoms in total. The van der Waals surface area contributed by atoms with E-state index in [9.17, 15) is 14.0 Å². The van der Waals surface area contributed by atoms with Gasteiger partial charge in [-0.05, 0) is 60.9 Å². The zero-order chi connectivity index (χ0) is 30.7. The van der Waals surface area contributed by atoms with Gasteiger partial charge >= 0.3 is 0 Å². The van der Waals surface area contributed by atoms with Gasteiger partial charge in [0, 0.05) is 57.3 Å². The van der Waals surface area contributed by atoms with E-state index in [1.165, 1.54) is 41.3 Å². The third kappa shape index (κ3) is 6.39. The van der Waals surface area contributed by atoms with Gasteiger partial charge in [-0.3, -0.25) is 19.5 Å². The van der Waals surface area contributed by atoms with Crippen molar-refractivity contribution in [1.82, 2.24) is 14.9 Å². The van der Waals surface area contributed by atoms with Gasteiger partial charge in [-0.2, -0.15) is 0 Å². The number of Topliss-reactive ketones (excluding diaryl/α,β-unsaturated/α-hetero) is 1. The molecule has 0 bridgehead atoms. The number of benzene rings is 2. The van der Waals surface area contributed by atoms with Gasteiger partial charge < -0.3 is 19.1 Å². The molecule has 0 spiro atoms. The summed E-state index contributed by atoms with van der Waals surface area (Å²) in [7, 11) is 1.56. The number of morpholine rings is 1. The van der Waals surface area contributed by atoms with Crippen LogP contribution in [-0.2, 0) is 20.7 Å². The fourth-order valence-corrected chi connectivity index (χ4v) is 5.32. The van der Waals surface area contributed by atoms with Crippen molar-refractivity contribution in [3.8, 4) is 17.4 Å². The third-order valence-electron chi connectivity index (χ3n) is 8.12. The van der Waals surface area contributed by atoms with E-state index in [1.54, 1.807) is 37.6 Å². The smallest absolute Gasteiger partial charge is 0.240 e. The van der Waals surface area contributed by atoms with Gasteiger partial charge in [0.05, 0.1) is 24.1 Å². The molecule has 0 unspecified atom stereocenters. The molecule has 1 amide bonds. The highest BCUT2D eigenvalue weighted by atomic mass is 19.1. The molecular weight excluding hydrogens is 570 g/mol. The summed E-state index contributed by atoms with van der Waals surface area (Å²) < 4.78 is 45.6. The Kier molecular flexibility index (Phi) is 8.49. The molecule has 0 radical (unpaired) electrons. The molecule has 1 aliphatic carbocycles. The van der Waals surface area contributed by atoms with E-state index in [4.69, 9.17) is 14.2 Å². The Morgan fingerprint density at radius 1 is 1.00 bits per heavy atom. The second-order valence-electron chi connectivity index (χ2n) is 11.0. The maximum atomic E-state index is 15.2. The number of hydrogen-bond donors (Lipinski definition) is 0. The largest absolute Gasteiger partial charge is 0.476 e. The van der Waals surface area contributed by atoms with E-state index < -0.39 is 17.0 Å². The first-order valence-electron chi connectivity index (χ1n) is 14.5. The summed E-state index contributed by atoms with van der Waals surface area (Å²) in [5.74, 6) is -0.895. The first-order valence-corrected chi connectivity index (χ1v) is 14.5. The van der Waals surface area contributed by atoms with Crippen LogP contribution in [0.2, 0.25) is 0 Å². The number of fused-ring (bicyclic) bond motifs is 1. The molecule has 4 aromatic rings. The minimum absolute atomic E-state index is 0.0206. The Balaban J connectivity index is 1.09. The van der Waals surface area contributed by atoms with E-state index in [1.807, 2.05) is 0 Å². The number of pyridine rings is 2. The quantitative estimate of drug-likeness (QED) is 0.222. The van der Waals surface area contributed by atoms with Gasteiger partial charge in [-0.15, -0.1) is 0 Å². The second kappa shape index (κ2) is 12.6. The van der Waals surface area contributed by atoms with Crippen molar-refractivity contribution in [1.29, 1.82) is 0 Å². The van der Waals surface area contributed by atoms with Gasteiger partial charge in [-0.1, -0.05) is 6.07 Å². The van der Waals surface area contributed by atoms with Gasteiger partial charge in [0.2, 0.25) is 11.8 Å². The molecule has 11 heteroatoms. The summed E-state index contributed by atoms with van der Waals surface area (Å²) in [6, 6.07) is 13.2. The normalized spacial score (nSPS) is 16.0.